The maximum absolute atomic E-state index is 12.9. The first-order valence-electron chi connectivity index (χ1n) is 7.00. The summed E-state index contributed by atoms with van der Waals surface area (Å²) in [7, 11) is 0. The van der Waals surface area contributed by atoms with Crippen LogP contribution in [0.5, 0.6) is 0 Å². The summed E-state index contributed by atoms with van der Waals surface area (Å²) in [4.78, 5) is 13.4. The molecule has 0 bridgehead atoms. The highest BCUT2D eigenvalue weighted by molar-refractivity contribution is 9.08. The average molecular weight is 431 g/mol. The van der Waals surface area contributed by atoms with Crippen LogP contribution in [0.25, 0.3) is 11.0 Å². The second-order valence-electron chi connectivity index (χ2n) is 5.09. The van der Waals surface area contributed by atoms with E-state index in [4.69, 9.17) is 0 Å². The molecular weight excluding hydrogens is 421 g/mol. The first kappa shape index (κ1) is 17.8. The van der Waals surface area contributed by atoms with Crippen molar-refractivity contribution in [1.82, 2.24) is 4.73 Å². The van der Waals surface area contributed by atoms with Gasteiger partial charge in [0.1, 0.15) is 11.2 Å². The van der Waals surface area contributed by atoms with Crippen LogP contribution < -0.4 is 4.43 Å². The smallest absolute Gasteiger partial charge is 0.416 e. The molecule has 25 heavy (non-hydrogen) atoms. The number of nitrogens with zero attached hydrogens (tertiary/aromatic N) is 2. The Morgan fingerprint density at radius 2 is 1.84 bits per heavy atom. The zero-order chi connectivity index (χ0) is 18.2. The van der Waals surface area contributed by atoms with Crippen LogP contribution in [-0.2, 0) is 11.5 Å². The summed E-state index contributed by atoms with van der Waals surface area (Å²) < 4.78 is 39.7. The molecule has 0 aliphatic rings. The lowest BCUT2D eigenvalue weighted by Gasteiger charge is -2.18. The van der Waals surface area contributed by atoms with E-state index >= 15 is 0 Å². The van der Waals surface area contributed by atoms with E-state index in [2.05, 4.69) is 15.9 Å². The van der Waals surface area contributed by atoms with Gasteiger partial charge in [0.15, 0.2) is 0 Å². The van der Waals surface area contributed by atoms with E-state index in [0.29, 0.717) is 20.1 Å². The van der Waals surface area contributed by atoms with E-state index in [0.717, 1.165) is 23.9 Å². The molecule has 0 saturated carbocycles. The Balaban J connectivity index is 2.28. The number of aromatic nitrogens is 2. The largest absolute Gasteiger partial charge is 0.805 e. The molecule has 0 spiro atoms. The maximum Gasteiger partial charge on any atom is 0.416 e. The third-order valence-corrected chi connectivity index (χ3v) is 5.13. The fourth-order valence-electron chi connectivity index (χ4n) is 2.31. The molecule has 0 radical (unpaired) electrons. The van der Waals surface area contributed by atoms with Gasteiger partial charge >= 0.3 is 11.2 Å². The predicted octanol–water partition coefficient (Wildman–Crippen LogP) is 4.97. The number of rotatable bonds is 3. The Labute approximate surface area is 152 Å². The summed E-state index contributed by atoms with van der Waals surface area (Å²) >= 11 is 4.20. The fraction of sp³-hybridized carbons (Fsp3) is 0.125. The normalized spacial score (nSPS) is 11.8. The van der Waals surface area contributed by atoms with Crippen LogP contribution in [0.3, 0.4) is 0 Å². The first-order chi connectivity index (χ1) is 11.8. The number of halogens is 4. The quantitative estimate of drug-likeness (QED) is 0.435. The minimum Gasteiger partial charge on any atom is -0.805 e. The molecule has 1 heterocycles. The standard InChI is InChI=1S/C16H10BrF3N2O2S/c17-9-14-15(25-11-4-2-1-3-5-11)22(24)13-8-10(16(18,19)20)6-7-12(13)21(14)23/h1-8H,9H2. The molecule has 0 aliphatic heterocycles. The lowest BCUT2D eigenvalue weighted by Crippen LogP contribution is -2.25. The Morgan fingerprint density at radius 1 is 1.16 bits per heavy atom. The van der Waals surface area contributed by atoms with E-state index in [1.807, 2.05) is 0 Å². The molecule has 1 aromatic heterocycles. The molecule has 0 atom stereocenters. The molecule has 0 fully saturated rings. The summed E-state index contributed by atoms with van der Waals surface area (Å²) in [5.41, 5.74) is -1.29. The van der Waals surface area contributed by atoms with Gasteiger partial charge in [0.05, 0.1) is 15.3 Å². The Bertz CT molecular complexity index is 991. The van der Waals surface area contributed by atoms with E-state index in [1.54, 1.807) is 30.3 Å². The third-order valence-electron chi connectivity index (χ3n) is 3.50. The van der Waals surface area contributed by atoms with Crippen molar-refractivity contribution in [1.29, 1.82) is 0 Å². The molecule has 0 saturated heterocycles. The summed E-state index contributed by atoms with van der Waals surface area (Å²) in [5, 5.41) is 12.6. The van der Waals surface area contributed by atoms with Crippen molar-refractivity contribution >= 4 is 38.7 Å². The second-order valence-corrected chi connectivity index (χ2v) is 6.71. The van der Waals surface area contributed by atoms with Gasteiger partial charge in [0, 0.05) is 15.9 Å². The number of hydrogen-bond donors (Lipinski definition) is 0. The number of benzene rings is 2. The fourth-order valence-corrected chi connectivity index (χ4v) is 3.95. The number of fused-ring (bicyclic) bond motifs is 1. The highest BCUT2D eigenvalue weighted by Gasteiger charge is 2.33. The second kappa shape index (κ2) is 6.72. The maximum atomic E-state index is 12.9. The molecule has 0 N–H and O–H groups in total. The summed E-state index contributed by atoms with van der Waals surface area (Å²) in [6, 6.07) is 11.3. The minimum absolute atomic E-state index is 0.0323. The van der Waals surface area contributed by atoms with Crippen molar-refractivity contribution in [2.45, 2.75) is 21.4 Å². The number of alkyl halides is 4. The van der Waals surface area contributed by atoms with Crippen LogP contribution in [0.2, 0.25) is 0 Å². The first-order valence-corrected chi connectivity index (χ1v) is 8.94. The molecule has 0 amide bonds. The zero-order valence-corrected chi connectivity index (χ0v) is 14.9. The topological polar surface area (TPSA) is 51.0 Å². The van der Waals surface area contributed by atoms with Crippen molar-refractivity contribution in [2.75, 3.05) is 0 Å². The average Bonchev–Trinajstić information content (AvgIpc) is 2.59. The SMILES string of the molecule is O=[n+]1c(Sc2ccccc2)c(CBr)n([O-])c2ccc(C(F)(F)F)cc21. The van der Waals surface area contributed by atoms with Crippen LogP contribution >= 0.6 is 27.7 Å². The molecule has 3 aromatic rings. The lowest BCUT2D eigenvalue weighted by molar-refractivity contribution is -0.511. The van der Waals surface area contributed by atoms with Crippen molar-refractivity contribution in [2.24, 2.45) is 0 Å². The van der Waals surface area contributed by atoms with Gasteiger partial charge in [-0.25, -0.2) is 0 Å². The van der Waals surface area contributed by atoms with Gasteiger partial charge < -0.3 is 9.94 Å². The monoisotopic (exact) mass is 430 g/mol. The predicted molar refractivity (Wildman–Crippen MR) is 92.3 cm³/mol. The molecule has 4 nitrogen and oxygen atoms in total. The van der Waals surface area contributed by atoms with Crippen LogP contribution in [0.4, 0.5) is 13.2 Å². The van der Waals surface area contributed by atoms with Crippen molar-refractivity contribution in [3.8, 4) is 0 Å². The van der Waals surface area contributed by atoms with Crippen molar-refractivity contribution in [3.63, 3.8) is 0 Å². The molecule has 0 aliphatic carbocycles. The molecule has 0 unspecified atom stereocenters. The van der Waals surface area contributed by atoms with Crippen LogP contribution in [0.15, 0.2) is 58.5 Å². The van der Waals surface area contributed by atoms with Gasteiger partial charge in [-0.2, -0.15) is 13.2 Å². The molecular formula is C16H10BrF3N2O2S. The highest BCUT2D eigenvalue weighted by atomic mass is 79.9. The van der Waals surface area contributed by atoms with Gasteiger partial charge in [-0.05, 0) is 36.0 Å². The number of hydrogen-bond acceptors (Lipinski definition) is 3. The van der Waals surface area contributed by atoms with E-state index in [1.165, 1.54) is 0 Å². The van der Waals surface area contributed by atoms with E-state index < -0.39 is 11.7 Å². The Kier molecular flexibility index (Phi) is 4.79. The van der Waals surface area contributed by atoms with Crippen LogP contribution in [0, 0.1) is 10.1 Å². The van der Waals surface area contributed by atoms with Gasteiger partial charge in [-0.3, -0.25) is 0 Å². The van der Waals surface area contributed by atoms with Crippen molar-refractivity contribution < 1.29 is 17.6 Å². The summed E-state index contributed by atoms with van der Waals surface area (Å²) in [5.74, 6) is 0. The molecule has 9 heteroatoms. The molecule has 2 aromatic carbocycles. The molecule has 130 valence electrons. The summed E-state index contributed by atoms with van der Waals surface area (Å²) in [6.07, 6.45) is -4.60. The minimum atomic E-state index is -4.60. The summed E-state index contributed by atoms with van der Waals surface area (Å²) in [6.45, 7) is 0. The Hall–Kier alpha value is -2.00. The van der Waals surface area contributed by atoms with Gasteiger partial charge in [-0.15, -0.1) is 0 Å². The van der Waals surface area contributed by atoms with Crippen molar-refractivity contribution in [3.05, 3.63) is 69.9 Å². The van der Waals surface area contributed by atoms with Crippen LogP contribution in [-0.4, -0.2) is 4.73 Å². The van der Waals surface area contributed by atoms with Gasteiger partial charge in [-0.1, -0.05) is 34.1 Å². The Morgan fingerprint density at radius 3 is 2.44 bits per heavy atom. The van der Waals surface area contributed by atoms with E-state index in [9.17, 15) is 23.3 Å². The third kappa shape index (κ3) is 3.38. The lowest BCUT2D eigenvalue weighted by atomic mass is 10.2. The van der Waals surface area contributed by atoms with Crippen LogP contribution in [0.1, 0.15) is 11.3 Å². The molecule has 3 rings (SSSR count). The van der Waals surface area contributed by atoms with Gasteiger partial charge in [0.25, 0.3) is 5.52 Å². The van der Waals surface area contributed by atoms with E-state index in [-0.39, 0.29) is 27.1 Å². The van der Waals surface area contributed by atoms with Gasteiger partial charge in [0.2, 0.25) is 0 Å². The zero-order valence-electron chi connectivity index (χ0n) is 12.5. The highest BCUT2D eigenvalue weighted by Crippen LogP contribution is 2.33.